The summed E-state index contributed by atoms with van der Waals surface area (Å²) in [5.74, 6) is 1.51. The average molecular weight is 687 g/mol. The van der Waals surface area contributed by atoms with Gasteiger partial charge in [0.25, 0.3) is 0 Å². The first-order chi connectivity index (χ1) is 23.7. The third kappa shape index (κ3) is 5.92. The molecule has 6 rings (SSSR count). The second kappa shape index (κ2) is 14.0. The van der Waals surface area contributed by atoms with Crippen LogP contribution in [-0.4, -0.2) is 21.3 Å². The van der Waals surface area contributed by atoms with Crippen LogP contribution in [0.3, 0.4) is 0 Å². The van der Waals surface area contributed by atoms with Crippen molar-refractivity contribution in [2.24, 2.45) is 0 Å². The first-order valence-corrected chi connectivity index (χ1v) is 19.5. The third-order valence-corrected chi connectivity index (χ3v) is 15.8. The topological polar surface area (TPSA) is 61.8 Å². The largest absolute Gasteiger partial charge is 0.496 e. The quantitative estimate of drug-likeness (QED) is 0.139. The van der Waals surface area contributed by atoms with E-state index in [1.165, 1.54) is 0 Å². The summed E-state index contributed by atoms with van der Waals surface area (Å²) in [6.07, 6.45) is 0. The molecule has 0 heterocycles. The van der Waals surface area contributed by atoms with Crippen LogP contribution in [0.5, 0.6) is 17.2 Å². The van der Waals surface area contributed by atoms with Crippen LogP contribution in [0.2, 0.25) is 0 Å². The Balaban J connectivity index is 1.52. The van der Waals surface area contributed by atoms with Gasteiger partial charge in [-0.1, -0.05) is 91.0 Å². The second-order valence-corrected chi connectivity index (χ2v) is 17.4. The smallest absolute Gasteiger partial charge is 0.181 e. The lowest BCUT2D eigenvalue weighted by Gasteiger charge is -2.26. The highest BCUT2D eigenvalue weighted by molar-refractivity contribution is 7.86. The Bertz CT molecular complexity index is 2160. The maximum atomic E-state index is 15.7. The van der Waals surface area contributed by atoms with Gasteiger partial charge in [-0.2, -0.15) is 0 Å². The molecule has 5 nitrogen and oxygen atoms in total. The van der Waals surface area contributed by atoms with Crippen molar-refractivity contribution in [1.29, 1.82) is 0 Å². The van der Waals surface area contributed by atoms with Crippen molar-refractivity contribution < 1.29 is 23.3 Å². The highest BCUT2D eigenvalue weighted by atomic mass is 31.2. The summed E-state index contributed by atoms with van der Waals surface area (Å²) < 4.78 is 48.6. The predicted molar refractivity (Wildman–Crippen MR) is 205 cm³/mol. The lowest BCUT2D eigenvalue weighted by atomic mass is 10.0. The van der Waals surface area contributed by atoms with Crippen molar-refractivity contribution in [2.75, 3.05) is 21.3 Å². The normalized spacial score (nSPS) is 11.6. The van der Waals surface area contributed by atoms with E-state index < -0.39 is 14.3 Å². The number of ether oxygens (including phenoxy) is 3. The molecule has 6 aromatic carbocycles. The van der Waals surface area contributed by atoms with Crippen molar-refractivity contribution in [3.8, 4) is 28.4 Å². The van der Waals surface area contributed by atoms with E-state index in [2.05, 4.69) is 6.07 Å². The molecule has 0 bridgehead atoms. The summed E-state index contributed by atoms with van der Waals surface area (Å²) in [5, 5.41) is 4.13. The van der Waals surface area contributed by atoms with E-state index in [1.807, 2.05) is 148 Å². The third-order valence-electron chi connectivity index (χ3n) is 9.15. The van der Waals surface area contributed by atoms with Gasteiger partial charge in [-0.05, 0) is 91.1 Å². The number of aryl methyl sites for hydroxylation is 3. The molecule has 248 valence electrons. The van der Waals surface area contributed by atoms with Gasteiger partial charge in [0.15, 0.2) is 14.3 Å². The molecule has 0 saturated carbocycles. The molecule has 0 saturated heterocycles. The van der Waals surface area contributed by atoms with E-state index >= 15 is 9.13 Å². The van der Waals surface area contributed by atoms with Crippen LogP contribution in [0, 0.1) is 20.8 Å². The van der Waals surface area contributed by atoms with Crippen molar-refractivity contribution in [2.45, 2.75) is 20.8 Å². The van der Waals surface area contributed by atoms with E-state index in [9.17, 15) is 0 Å². The SMILES string of the molecule is COc1ccccc1P(=O)(c1ccccc1OC)c1ccc(-c2ccc(P(=O)(c3ccccc3C)c3ccccc3C)c(C)c2)cc1OC. The molecular formula is C42H40O5P2. The number of para-hydroxylation sites is 2. The average Bonchev–Trinajstić information content (AvgIpc) is 3.14. The molecule has 0 aliphatic heterocycles. The molecule has 0 unspecified atom stereocenters. The predicted octanol–water partition coefficient (Wildman–Crippen LogP) is 7.58. The molecule has 6 aromatic rings. The molecule has 7 heteroatoms. The maximum absolute atomic E-state index is 15.7. The zero-order valence-corrected chi connectivity index (χ0v) is 30.4. The Hall–Kier alpha value is -4.82. The van der Waals surface area contributed by atoms with Crippen LogP contribution < -0.4 is 46.0 Å². The minimum absolute atomic E-state index is 0.477. The van der Waals surface area contributed by atoms with E-state index in [0.717, 1.165) is 43.7 Å². The van der Waals surface area contributed by atoms with Gasteiger partial charge in [0, 0.05) is 15.9 Å². The van der Waals surface area contributed by atoms with Crippen molar-refractivity contribution in [3.05, 3.63) is 150 Å². The van der Waals surface area contributed by atoms with E-state index in [-0.39, 0.29) is 0 Å². The second-order valence-electron chi connectivity index (χ2n) is 12.0. The molecule has 0 spiro atoms. The summed E-state index contributed by atoms with van der Waals surface area (Å²) in [5.41, 5.74) is 4.71. The minimum Gasteiger partial charge on any atom is -0.496 e. The number of rotatable bonds is 10. The van der Waals surface area contributed by atoms with Gasteiger partial charge in [0.1, 0.15) is 17.2 Å². The molecule has 0 fully saturated rings. The number of hydrogen-bond donors (Lipinski definition) is 0. The van der Waals surface area contributed by atoms with Gasteiger partial charge >= 0.3 is 0 Å². The molecule has 0 radical (unpaired) electrons. The number of benzene rings is 6. The monoisotopic (exact) mass is 686 g/mol. The number of methoxy groups -OCH3 is 3. The van der Waals surface area contributed by atoms with Crippen LogP contribution >= 0.6 is 14.3 Å². The molecule has 0 atom stereocenters. The van der Waals surface area contributed by atoms with Gasteiger partial charge < -0.3 is 23.3 Å². The molecular weight excluding hydrogens is 646 g/mol. The summed E-state index contributed by atoms with van der Waals surface area (Å²) in [4.78, 5) is 0. The van der Waals surface area contributed by atoms with E-state index in [0.29, 0.717) is 33.2 Å². The first kappa shape index (κ1) is 34.1. The van der Waals surface area contributed by atoms with Gasteiger partial charge in [-0.3, -0.25) is 0 Å². The minimum atomic E-state index is -3.58. The summed E-state index contributed by atoms with van der Waals surface area (Å²) in [7, 11) is -2.05. The van der Waals surface area contributed by atoms with Crippen molar-refractivity contribution >= 4 is 46.1 Å². The maximum Gasteiger partial charge on any atom is 0.181 e. The molecule has 0 aliphatic carbocycles. The first-order valence-electron chi connectivity index (χ1n) is 16.1. The van der Waals surface area contributed by atoms with Crippen LogP contribution in [-0.2, 0) is 9.13 Å². The van der Waals surface area contributed by atoms with Crippen molar-refractivity contribution in [1.82, 2.24) is 0 Å². The molecule has 0 aromatic heterocycles. The summed E-state index contributed by atoms with van der Waals surface area (Å²) >= 11 is 0. The van der Waals surface area contributed by atoms with E-state index in [1.54, 1.807) is 21.3 Å². The summed E-state index contributed by atoms with van der Waals surface area (Å²) in [6, 6.07) is 42.5. The zero-order valence-electron chi connectivity index (χ0n) is 28.6. The van der Waals surface area contributed by atoms with Crippen LogP contribution in [0.4, 0.5) is 0 Å². The Morgan fingerprint density at radius 3 is 1.16 bits per heavy atom. The molecule has 0 aliphatic rings. The standard InChI is InChI=1S/C42H40O5P2/c1-29-15-7-11-19-37(29)48(43,38-20-12-8-16-30(38)2)39-25-23-32(27-31(39)3)33-24-26-42(36(28-33)47-6)49(44,40-21-13-9-17-34(40)45-4)41-22-14-10-18-35(41)46-5/h7-28H,1-6H3. The van der Waals surface area contributed by atoms with E-state index in [4.69, 9.17) is 14.2 Å². The Morgan fingerprint density at radius 1 is 0.367 bits per heavy atom. The van der Waals surface area contributed by atoms with Crippen LogP contribution in [0.25, 0.3) is 11.1 Å². The highest BCUT2D eigenvalue weighted by Crippen LogP contribution is 2.50. The Labute approximate surface area is 289 Å². The molecule has 0 amide bonds. The van der Waals surface area contributed by atoms with Gasteiger partial charge in [-0.15, -0.1) is 0 Å². The van der Waals surface area contributed by atoms with Gasteiger partial charge in [-0.25, -0.2) is 0 Å². The Morgan fingerprint density at radius 2 is 0.714 bits per heavy atom. The van der Waals surface area contributed by atoms with Gasteiger partial charge in [0.2, 0.25) is 0 Å². The van der Waals surface area contributed by atoms with Gasteiger partial charge in [0.05, 0.1) is 37.2 Å². The fourth-order valence-corrected chi connectivity index (χ4v) is 13.1. The zero-order chi connectivity index (χ0) is 34.8. The Kier molecular flexibility index (Phi) is 9.70. The van der Waals surface area contributed by atoms with Crippen LogP contribution in [0.15, 0.2) is 133 Å². The lowest BCUT2D eigenvalue weighted by Crippen LogP contribution is -2.29. The molecule has 49 heavy (non-hydrogen) atoms. The number of hydrogen-bond acceptors (Lipinski definition) is 5. The summed E-state index contributed by atoms with van der Waals surface area (Å²) in [6.45, 7) is 6.06. The van der Waals surface area contributed by atoms with Crippen LogP contribution in [0.1, 0.15) is 16.7 Å². The lowest BCUT2D eigenvalue weighted by molar-refractivity contribution is 0.415. The highest BCUT2D eigenvalue weighted by Gasteiger charge is 2.38. The fraction of sp³-hybridized carbons (Fsp3) is 0.143. The molecule has 0 N–H and O–H groups in total. The van der Waals surface area contributed by atoms with Crippen molar-refractivity contribution in [3.63, 3.8) is 0 Å². The fourth-order valence-electron chi connectivity index (χ4n) is 6.70.